The first-order valence-corrected chi connectivity index (χ1v) is 8.44. The van der Waals surface area contributed by atoms with Crippen LogP contribution in [0.5, 0.6) is 0 Å². The number of amides is 2. The molecule has 8 nitrogen and oxygen atoms in total. The average Bonchev–Trinajstić information content (AvgIpc) is 3.01. The summed E-state index contributed by atoms with van der Waals surface area (Å²) < 4.78 is 1.60. The number of likely N-dealkylation sites (N-methyl/N-ethyl adjacent to an activating group) is 1. The molecule has 0 aliphatic rings. The Kier molecular flexibility index (Phi) is 6.08. The second kappa shape index (κ2) is 8.06. The van der Waals surface area contributed by atoms with Gasteiger partial charge in [0.05, 0.1) is 6.20 Å². The van der Waals surface area contributed by atoms with E-state index in [9.17, 15) is 9.59 Å². The summed E-state index contributed by atoms with van der Waals surface area (Å²) in [5.74, 6) is -0.527. The summed E-state index contributed by atoms with van der Waals surface area (Å²) in [5, 5.41) is 6.91. The number of hydrogen-bond donors (Lipinski definition) is 1. The summed E-state index contributed by atoms with van der Waals surface area (Å²) in [7, 11) is 3.30. The maximum atomic E-state index is 12.4. The molecule has 0 spiro atoms. The fourth-order valence-corrected chi connectivity index (χ4v) is 2.58. The fourth-order valence-electron chi connectivity index (χ4n) is 2.58. The van der Waals surface area contributed by atoms with Crippen LogP contribution < -0.4 is 5.32 Å². The second-order valence-corrected chi connectivity index (χ2v) is 6.18. The van der Waals surface area contributed by atoms with Gasteiger partial charge in [-0.1, -0.05) is 13.8 Å². The third-order valence-electron chi connectivity index (χ3n) is 4.11. The quantitative estimate of drug-likeness (QED) is 0.801. The van der Waals surface area contributed by atoms with Crippen LogP contribution in [0.15, 0.2) is 18.6 Å². The molecule has 8 heteroatoms. The van der Waals surface area contributed by atoms with Gasteiger partial charge in [0.1, 0.15) is 11.6 Å². The number of aromatic nitrogens is 3. The molecule has 1 N–H and O–H groups in total. The zero-order valence-corrected chi connectivity index (χ0v) is 15.5. The van der Waals surface area contributed by atoms with Gasteiger partial charge in [0.15, 0.2) is 5.65 Å². The van der Waals surface area contributed by atoms with Crippen molar-refractivity contribution in [3.63, 3.8) is 0 Å². The first-order chi connectivity index (χ1) is 11.9. The molecular formula is C17H26N6O2. The molecule has 0 unspecified atom stereocenters. The summed E-state index contributed by atoms with van der Waals surface area (Å²) in [6.07, 6.45) is 5.12. The molecule has 0 aliphatic heterocycles. The van der Waals surface area contributed by atoms with Crippen LogP contribution in [-0.2, 0) is 11.3 Å². The minimum Gasteiger partial charge on any atom is -0.347 e. The standard InChI is InChI=1S/C17H26N6O2/c1-6-22(7-2)10-13-8-18-15-14(9-19-23(15)11-13)16(24)20-12(3)17(25)21(4)5/h8-9,11-12H,6-7,10H2,1-5H3,(H,20,24)/t12-/m0/s1. The van der Waals surface area contributed by atoms with E-state index in [4.69, 9.17) is 0 Å². The molecule has 136 valence electrons. The lowest BCUT2D eigenvalue weighted by Crippen LogP contribution is -2.44. The van der Waals surface area contributed by atoms with E-state index in [0.717, 1.165) is 25.2 Å². The van der Waals surface area contributed by atoms with Crippen LogP contribution in [0.2, 0.25) is 0 Å². The smallest absolute Gasteiger partial charge is 0.257 e. The van der Waals surface area contributed by atoms with E-state index in [2.05, 4.69) is 34.1 Å². The maximum Gasteiger partial charge on any atom is 0.257 e. The number of fused-ring (bicyclic) bond motifs is 1. The van der Waals surface area contributed by atoms with Gasteiger partial charge in [-0.05, 0) is 20.0 Å². The summed E-state index contributed by atoms with van der Waals surface area (Å²) in [6.45, 7) is 8.58. The van der Waals surface area contributed by atoms with Gasteiger partial charge in [-0.25, -0.2) is 9.50 Å². The van der Waals surface area contributed by atoms with Gasteiger partial charge >= 0.3 is 0 Å². The van der Waals surface area contributed by atoms with E-state index in [1.807, 2.05) is 6.20 Å². The van der Waals surface area contributed by atoms with Gasteiger partial charge in [0, 0.05) is 38.6 Å². The van der Waals surface area contributed by atoms with Crippen molar-refractivity contribution in [2.45, 2.75) is 33.4 Å². The summed E-state index contributed by atoms with van der Waals surface area (Å²) >= 11 is 0. The largest absolute Gasteiger partial charge is 0.347 e. The van der Waals surface area contributed by atoms with Crippen LogP contribution in [-0.4, -0.2) is 69.4 Å². The summed E-state index contributed by atoms with van der Waals surface area (Å²) in [5.41, 5.74) is 1.86. The van der Waals surface area contributed by atoms with Crippen LogP contribution >= 0.6 is 0 Å². The van der Waals surface area contributed by atoms with Crippen LogP contribution in [0.4, 0.5) is 0 Å². The van der Waals surface area contributed by atoms with Crippen molar-refractivity contribution in [3.05, 3.63) is 29.7 Å². The molecule has 0 aliphatic carbocycles. The Morgan fingerprint density at radius 3 is 2.52 bits per heavy atom. The highest BCUT2D eigenvalue weighted by atomic mass is 16.2. The molecule has 2 aromatic rings. The van der Waals surface area contributed by atoms with Gasteiger partial charge in [0.2, 0.25) is 5.91 Å². The van der Waals surface area contributed by atoms with Crippen LogP contribution in [0.25, 0.3) is 5.65 Å². The molecule has 1 atom stereocenters. The molecule has 0 bridgehead atoms. The molecule has 0 saturated carbocycles. The monoisotopic (exact) mass is 346 g/mol. The number of carbonyl (C=O) groups excluding carboxylic acids is 2. The van der Waals surface area contributed by atoms with Crippen molar-refractivity contribution < 1.29 is 9.59 Å². The zero-order chi connectivity index (χ0) is 18.6. The zero-order valence-electron chi connectivity index (χ0n) is 15.5. The van der Waals surface area contributed by atoms with E-state index < -0.39 is 6.04 Å². The van der Waals surface area contributed by atoms with Gasteiger partial charge in [-0.2, -0.15) is 5.10 Å². The first-order valence-electron chi connectivity index (χ1n) is 8.44. The molecule has 0 saturated heterocycles. The molecule has 0 aromatic carbocycles. The number of nitrogens with zero attached hydrogens (tertiary/aromatic N) is 5. The Balaban J connectivity index is 2.17. The SMILES string of the molecule is CCN(CC)Cc1cnc2c(C(=O)N[C@@H](C)C(=O)N(C)C)cnn2c1. The molecule has 2 aromatic heterocycles. The van der Waals surface area contributed by atoms with Gasteiger partial charge in [0.25, 0.3) is 5.91 Å². The number of nitrogens with one attached hydrogen (secondary N) is 1. The highest BCUT2D eigenvalue weighted by molar-refractivity contribution is 6.01. The van der Waals surface area contributed by atoms with Gasteiger partial charge < -0.3 is 10.2 Å². The molecule has 0 radical (unpaired) electrons. The third-order valence-corrected chi connectivity index (χ3v) is 4.11. The van der Waals surface area contributed by atoms with Crippen molar-refractivity contribution in [2.24, 2.45) is 0 Å². The van der Waals surface area contributed by atoms with Crippen molar-refractivity contribution >= 4 is 17.5 Å². The molecule has 25 heavy (non-hydrogen) atoms. The predicted molar refractivity (Wildman–Crippen MR) is 95.2 cm³/mol. The van der Waals surface area contributed by atoms with Crippen LogP contribution in [0.1, 0.15) is 36.7 Å². The molecule has 2 heterocycles. The summed E-state index contributed by atoms with van der Waals surface area (Å²) in [6, 6.07) is -0.612. The average molecular weight is 346 g/mol. The summed E-state index contributed by atoms with van der Waals surface area (Å²) in [4.78, 5) is 32.4. The number of carbonyl (C=O) groups is 2. The lowest BCUT2D eigenvalue weighted by atomic mass is 10.2. The molecule has 2 amide bonds. The topological polar surface area (TPSA) is 82.8 Å². The van der Waals surface area contributed by atoms with E-state index in [1.165, 1.54) is 11.1 Å². The highest BCUT2D eigenvalue weighted by Crippen LogP contribution is 2.11. The Morgan fingerprint density at radius 2 is 1.92 bits per heavy atom. The second-order valence-electron chi connectivity index (χ2n) is 6.18. The van der Waals surface area contributed by atoms with Crippen LogP contribution in [0.3, 0.4) is 0 Å². The Bertz CT molecular complexity index is 751. The number of hydrogen-bond acceptors (Lipinski definition) is 5. The molecular weight excluding hydrogens is 320 g/mol. The minimum atomic E-state index is -0.612. The molecule has 2 rings (SSSR count). The van der Waals surface area contributed by atoms with Gasteiger partial charge in [-0.3, -0.25) is 14.5 Å². The first kappa shape index (κ1) is 18.9. The predicted octanol–water partition coefficient (Wildman–Crippen LogP) is 0.778. The van der Waals surface area contributed by atoms with E-state index in [-0.39, 0.29) is 11.8 Å². The van der Waals surface area contributed by atoms with E-state index >= 15 is 0 Å². The lowest BCUT2D eigenvalue weighted by Gasteiger charge is -2.18. The Morgan fingerprint density at radius 1 is 1.24 bits per heavy atom. The van der Waals surface area contributed by atoms with Crippen molar-refractivity contribution in [1.29, 1.82) is 0 Å². The normalized spacial score (nSPS) is 12.4. The van der Waals surface area contributed by atoms with Crippen molar-refractivity contribution in [3.8, 4) is 0 Å². The highest BCUT2D eigenvalue weighted by Gasteiger charge is 2.21. The maximum absolute atomic E-state index is 12.4. The third kappa shape index (κ3) is 4.33. The van der Waals surface area contributed by atoms with E-state index in [1.54, 1.807) is 31.7 Å². The van der Waals surface area contributed by atoms with Crippen molar-refractivity contribution in [2.75, 3.05) is 27.2 Å². The van der Waals surface area contributed by atoms with Gasteiger partial charge in [-0.15, -0.1) is 0 Å². The fraction of sp³-hybridized carbons (Fsp3) is 0.529. The van der Waals surface area contributed by atoms with Crippen molar-refractivity contribution in [1.82, 2.24) is 29.7 Å². The van der Waals surface area contributed by atoms with Crippen LogP contribution in [0, 0.1) is 0 Å². The number of rotatable bonds is 7. The lowest BCUT2D eigenvalue weighted by molar-refractivity contribution is -0.130. The van der Waals surface area contributed by atoms with E-state index in [0.29, 0.717) is 11.2 Å². The Labute approximate surface area is 147 Å². The Hall–Kier alpha value is -2.48. The molecule has 0 fully saturated rings. The minimum absolute atomic E-state index is 0.167.